The molecule has 0 aromatic heterocycles. The highest BCUT2D eigenvalue weighted by Crippen LogP contribution is 2.57. The van der Waals surface area contributed by atoms with Gasteiger partial charge in [-0.05, 0) is 105 Å². The molecule has 1 aliphatic carbocycles. The van der Waals surface area contributed by atoms with Crippen molar-refractivity contribution in [1.29, 1.82) is 0 Å². The van der Waals surface area contributed by atoms with Crippen LogP contribution in [0.15, 0.2) is 62.9 Å². The van der Waals surface area contributed by atoms with Gasteiger partial charge in [0.1, 0.15) is 0 Å². The maximum atomic E-state index is 11.3. The lowest BCUT2D eigenvalue weighted by molar-refractivity contribution is -0.140. The molecular weight excluding hydrogens is 585 g/mol. The summed E-state index contributed by atoms with van der Waals surface area (Å²) in [6.07, 6.45) is 1.07. The number of nitrogens with zero attached hydrogens (tertiary/aromatic N) is 3. The highest BCUT2D eigenvalue weighted by molar-refractivity contribution is 14.2. The Labute approximate surface area is 236 Å². The monoisotopic (exact) mass is 621 g/mol. The summed E-state index contributed by atoms with van der Waals surface area (Å²) in [7, 11) is 1.97. The predicted molar refractivity (Wildman–Crippen MR) is 165 cm³/mol. The van der Waals surface area contributed by atoms with Gasteiger partial charge < -0.3 is 9.74 Å². The summed E-state index contributed by atoms with van der Waals surface area (Å²) in [6, 6.07) is 20.5. The molecular formula is C32H36IN3O2. The number of anilines is 2. The standard InChI is InChI=1S/C32H36IN3O2/c1-8-32(19-33-34-7)25-13-11-10-12-23(25)24-17-28-30(18-26(24)32)36(9-2)29-15-14-22(16-27(29)31(28,5)6)20(3)35-38-21(4)37/h10-18H,8-9,19H2,1-7H3/b35-20+. The number of carbonyl (C=O) groups is 1. The van der Waals surface area contributed by atoms with Gasteiger partial charge in [-0.2, -0.15) is 0 Å². The second kappa shape index (κ2) is 10.0. The van der Waals surface area contributed by atoms with Crippen molar-refractivity contribution in [3.05, 3.63) is 82.4 Å². The molecule has 38 heavy (non-hydrogen) atoms. The zero-order valence-electron chi connectivity index (χ0n) is 23.4. The van der Waals surface area contributed by atoms with Crippen LogP contribution in [0.2, 0.25) is 0 Å². The molecule has 3 aromatic carbocycles. The van der Waals surface area contributed by atoms with E-state index < -0.39 is 5.97 Å². The number of halogens is 1. The number of hydrogen-bond donors (Lipinski definition) is 0. The second-order valence-corrected chi connectivity index (χ2v) is 13.1. The SMILES string of the molecule is CCN1c2ccc(/C(C)=N/OC(C)=O)cc2C(C)(C)c2cc3c(cc21)C(CC)(CI=NC)c1ccccc1-3. The van der Waals surface area contributed by atoms with Crippen LogP contribution in [0.3, 0.4) is 0 Å². The van der Waals surface area contributed by atoms with E-state index in [0.717, 1.165) is 23.0 Å². The smallest absolute Gasteiger partial charge is 0.331 e. The van der Waals surface area contributed by atoms with Crippen LogP contribution >= 0.6 is 21.0 Å². The van der Waals surface area contributed by atoms with E-state index in [-0.39, 0.29) is 31.9 Å². The molecule has 198 valence electrons. The van der Waals surface area contributed by atoms with Gasteiger partial charge >= 0.3 is 5.97 Å². The molecule has 1 aliphatic heterocycles. The fraction of sp³-hybridized carbons (Fsp3) is 0.375. The molecule has 0 fully saturated rings. The average Bonchev–Trinajstić information content (AvgIpc) is 3.19. The van der Waals surface area contributed by atoms with Crippen LogP contribution in [-0.2, 0) is 20.5 Å². The Hall–Kier alpha value is -2.87. The van der Waals surface area contributed by atoms with E-state index in [2.05, 4.69) is 95.5 Å². The van der Waals surface area contributed by atoms with Crippen molar-refractivity contribution in [2.45, 2.75) is 58.8 Å². The van der Waals surface area contributed by atoms with Crippen molar-refractivity contribution in [1.82, 2.24) is 0 Å². The number of benzene rings is 3. The fourth-order valence-corrected chi connectivity index (χ4v) is 8.58. The molecule has 2 aliphatic rings. The molecule has 0 N–H and O–H groups in total. The minimum Gasteiger partial charge on any atom is -0.341 e. The number of carbonyl (C=O) groups excluding carboxylic acids is 1. The predicted octanol–water partition coefficient (Wildman–Crippen LogP) is 8.23. The first-order chi connectivity index (χ1) is 18.2. The van der Waals surface area contributed by atoms with E-state index in [9.17, 15) is 4.79 Å². The molecule has 0 spiro atoms. The van der Waals surface area contributed by atoms with Crippen molar-refractivity contribution in [3.63, 3.8) is 0 Å². The number of hydrogen-bond acceptors (Lipinski definition) is 5. The van der Waals surface area contributed by atoms with Crippen LogP contribution in [-0.4, -0.2) is 29.7 Å². The van der Waals surface area contributed by atoms with Crippen LogP contribution in [0.25, 0.3) is 11.1 Å². The third-order valence-corrected chi connectivity index (χ3v) is 10.7. The van der Waals surface area contributed by atoms with Crippen molar-refractivity contribution in [3.8, 4) is 11.1 Å². The summed E-state index contributed by atoms with van der Waals surface area (Å²) in [5.41, 5.74) is 12.2. The summed E-state index contributed by atoms with van der Waals surface area (Å²) >= 11 is -0.231. The lowest BCUT2D eigenvalue weighted by Gasteiger charge is -2.43. The van der Waals surface area contributed by atoms with Crippen LogP contribution < -0.4 is 4.90 Å². The van der Waals surface area contributed by atoms with E-state index in [4.69, 9.17) is 4.84 Å². The molecule has 0 amide bonds. The average molecular weight is 622 g/mol. The molecule has 0 radical (unpaired) electrons. The fourth-order valence-electron chi connectivity index (χ4n) is 6.29. The first-order valence-corrected chi connectivity index (χ1v) is 15.8. The van der Waals surface area contributed by atoms with Gasteiger partial charge in [-0.25, -0.2) is 4.79 Å². The van der Waals surface area contributed by atoms with Crippen molar-refractivity contribution < 1.29 is 9.63 Å². The molecule has 1 unspecified atom stereocenters. The Bertz CT molecular complexity index is 1490. The van der Waals surface area contributed by atoms with Crippen molar-refractivity contribution in [2.24, 2.45) is 8.30 Å². The van der Waals surface area contributed by atoms with Gasteiger partial charge in [0.25, 0.3) is 0 Å². The van der Waals surface area contributed by atoms with Crippen LogP contribution in [0, 0.1) is 0 Å². The number of rotatable bonds is 6. The Morgan fingerprint density at radius 2 is 1.66 bits per heavy atom. The van der Waals surface area contributed by atoms with E-state index in [0.29, 0.717) is 5.71 Å². The van der Waals surface area contributed by atoms with Gasteiger partial charge in [-0.3, -0.25) is 3.15 Å². The molecule has 6 heteroatoms. The molecule has 0 bridgehead atoms. The minimum absolute atomic E-state index is 0.0196. The van der Waals surface area contributed by atoms with E-state index in [1.54, 1.807) is 0 Å². The van der Waals surface area contributed by atoms with E-state index in [1.807, 2.05) is 14.0 Å². The lowest BCUT2D eigenvalue weighted by Crippen LogP contribution is -2.34. The van der Waals surface area contributed by atoms with Gasteiger partial charge in [0.05, 0.1) is 5.71 Å². The summed E-state index contributed by atoms with van der Waals surface area (Å²) in [4.78, 5) is 18.7. The first-order valence-electron chi connectivity index (χ1n) is 13.3. The van der Waals surface area contributed by atoms with E-state index in [1.165, 1.54) is 51.7 Å². The van der Waals surface area contributed by atoms with Gasteiger partial charge in [0, 0.05) is 47.1 Å². The maximum absolute atomic E-state index is 11.3. The number of fused-ring (bicyclic) bond motifs is 5. The molecule has 0 saturated heterocycles. The van der Waals surface area contributed by atoms with Gasteiger partial charge in [0.15, 0.2) is 0 Å². The maximum Gasteiger partial charge on any atom is 0.331 e. The minimum atomic E-state index is -0.416. The quantitative estimate of drug-likeness (QED) is 0.0917. The van der Waals surface area contributed by atoms with E-state index >= 15 is 0 Å². The zero-order valence-corrected chi connectivity index (χ0v) is 25.5. The van der Waals surface area contributed by atoms with Gasteiger partial charge in [0.2, 0.25) is 0 Å². The largest absolute Gasteiger partial charge is 0.341 e. The van der Waals surface area contributed by atoms with Gasteiger partial charge in [-0.15, -0.1) is 0 Å². The normalized spacial score (nSPS) is 19.3. The number of alkyl halides is 1. The molecule has 5 nitrogen and oxygen atoms in total. The topological polar surface area (TPSA) is 54.3 Å². The van der Waals surface area contributed by atoms with Gasteiger partial charge in [-0.1, -0.05) is 56.3 Å². The number of oxime groups is 1. The Morgan fingerprint density at radius 1 is 0.921 bits per heavy atom. The summed E-state index contributed by atoms with van der Waals surface area (Å²) in [5, 5.41) is 4.04. The third kappa shape index (κ3) is 4.03. The lowest BCUT2D eigenvalue weighted by atomic mass is 9.71. The molecule has 3 aromatic rings. The third-order valence-electron chi connectivity index (χ3n) is 8.37. The molecule has 0 saturated carbocycles. The summed E-state index contributed by atoms with van der Waals surface area (Å²) in [6.45, 7) is 13.3. The Kier molecular flexibility index (Phi) is 7.05. The van der Waals surface area contributed by atoms with Crippen LogP contribution in [0.4, 0.5) is 11.4 Å². The Balaban J connectivity index is 1.73. The second-order valence-electron chi connectivity index (χ2n) is 10.7. The van der Waals surface area contributed by atoms with Crippen molar-refractivity contribution in [2.75, 3.05) is 22.9 Å². The molecule has 1 heterocycles. The van der Waals surface area contributed by atoms with Crippen LogP contribution in [0.5, 0.6) is 0 Å². The Morgan fingerprint density at radius 3 is 2.34 bits per heavy atom. The highest BCUT2D eigenvalue weighted by atomic mass is 127. The first kappa shape index (κ1) is 26.7. The summed E-state index contributed by atoms with van der Waals surface area (Å²) in [5.74, 6) is -0.416. The van der Waals surface area contributed by atoms with Crippen molar-refractivity contribution >= 4 is 44.1 Å². The molecule has 5 rings (SSSR count). The zero-order chi connectivity index (χ0) is 27.2. The summed E-state index contributed by atoms with van der Waals surface area (Å²) < 4.78 is 5.74. The molecule has 1 atom stereocenters. The van der Waals surface area contributed by atoms with Crippen LogP contribution in [0.1, 0.15) is 75.8 Å². The highest BCUT2D eigenvalue weighted by Gasteiger charge is 2.45.